The number of carbonyl (C=O) groups excluding carboxylic acids is 3. The second-order valence-electron chi connectivity index (χ2n) is 6.16. The van der Waals surface area contributed by atoms with Gasteiger partial charge < -0.3 is 15.8 Å². The zero-order chi connectivity index (χ0) is 20.4. The van der Waals surface area contributed by atoms with Crippen LogP contribution in [-0.4, -0.2) is 33.9 Å². The molecule has 1 aromatic carbocycles. The number of carbonyl (C=O) groups is 3. The van der Waals surface area contributed by atoms with Crippen molar-refractivity contribution in [2.75, 3.05) is 5.32 Å². The highest BCUT2D eigenvalue weighted by atomic mass is 32.1. The summed E-state index contributed by atoms with van der Waals surface area (Å²) in [6, 6.07) is 6.34. The zero-order valence-electron chi connectivity index (χ0n) is 15.5. The Labute approximate surface area is 164 Å². The van der Waals surface area contributed by atoms with Gasteiger partial charge in [0.05, 0.1) is 33.5 Å². The number of primary amides is 1. The Morgan fingerprint density at radius 1 is 1.11 bits per heavy atom. The lowest BCUT2D eigenvalue weighted by molar-refractivity contribution is -0.123. The van der Waals surface area contributed by atoms with E-state index >= 15 is 0 Å². The van der Waals surface area contributed by atoms with Crippen LogP contribution in [0.2, 0.25) is 0 Å². The monoisotopic (exact) mass is 398 g/mol. The molecule has 0 bridgehead atoms. The van der Waals surface area contributed by atoms with E-state index in [0.717, 1.165) is 22.7 Å². The first-order valence-corrected chi connectivity index (χ1v) is 9.28. The van der Waals surface area contributed by atoms with Gasteiger partial charge in [-0.2, -0.15) is 0 Å². The van der Waals surface area contributed by atoms with Crippen molar-refractivity contribution >= 4 is 45.2 Å². The van der Waals surface area contributed by atoms with E-state index in [1.165, 1.54) is 13.0 Å². The number of fused-ring (bicyclic) bond motifs is 1. The first kappa shape index (κ1) is 19.4. The SMILES string of the molecule is Cc1nc2ccc(C(=O)O[C@@H](C)C(=O)Nc3sccc3C(N)=O)cc2nc1C. The molecule has 2 heterocycles. The Morgan fingerprint density at radius 2 is 1.79 bits per heavy atom. The van der Waals surface area contributed by atoms with Gasteiger partial charge >= 0.3 is 5.97 Å². The topological polar surface area (TPSA) is 124 Å². The lowest BCUT2D eigenvalue weighted by Crippen LogP contribution is -2.30. The number of nitrogens with one attached hydrogen (secondary N) is 1. The smallest absolute Gasteiger partial charge is 0.338 e. The van der Waals surface area contributed by atoms with Gasteiger partial charge in [0.1, 0.15) is 5.00 Å². The largest absolute Gasteiger partial charge is 0.449 e. The van der Waals surface area contributed by atoms with Crippen molar-refractivity contribution in [3.05, 3.63) is 52.2 Å². The summed E-state index contributed by atoms with van der Waals surface area (Å²) in [5.74, 6) is -1.87. The maximum Gasteiger partial charge on any atom is 0.338 e. The number of ether oxygens (including phenoxy) is 1. The molecule has 3 aromatic rings. The van der Waals surface area contributed by atoms with E-state index in [1.54, 1.807) is 23.6 Å². The minimum Gasteiger partial charge on any atom is -0.449 e. The molecule has 0 fully saturated rings. The van der Waals surface area contributed by atoms with E-state index in [0.29, 0.717) is 16.0 Å². The van der Waals surface area contributed by atoms with Crippen LogP contribution in [0.4, 0.5) is 5.00 Å². The molecule has 0 spiro atoms. The molecule has 3 rings (SSSR count). The third-order valence-electron chi connectivity index (χ3n) is 4.13. The number of anilines is 1. The summed E-state index contributed by atoms with van der Waals surface area (Å²) >= 11 is 1.15. The van der Waals surface area contributed by atoms with E-state index in [-0.39, 0.29) is 11.1 Å². The van der Waals surface area contributed by atoms with Crippen LogP contribution in [0.15, 0.2) is 29.6 Å². The summed E-state index contributed by atoms with van der Waals surface area (Å²) in [5, 5.41) is 4.49. The average Bonchev–Trinajstić information content (AvgIpc) is 3.10. The number of hydrogen-bond acceptors (Lipinski definition) is 7. The highest BCUT2D eigenvalue weighted by Gasteiger charge is 2.21. The summed E-state index contributed by atoms with van der Waals surface area (Å²) in [4.78, 5) is 44.9. The molecule has 0 radical (unpaired) electrons. The van der Waals surface area contributed by atoms with Crippen LogP contribution in [0.1, 0.15) is 39.0 Å². The Kier molecular flexibility index (Phi) is 5.36. The van der Waals surface area contributed by atoms with Crippen molar-refractivity contribution < 1.29 is 19.1 Å². The predicted octanol–water partition coefficient (Wildman–Crippen LogP) is 2.59. The molecule has 0 unspecified atom stereocenters. The molecule has 0 saturated carbocycles. The fraction of sp³-hybridized carbons (Fsp3) is 0.211. The van der Waals surface area contributed by atoms with Gasteiger partial charge in [0.2, 0.25) is 0 Å². The maximum absolute atomic E-state index is 12.4. The molecule has 0 aliphatic rings. The lowest BCUT2D eigenvalue weighted by atomic mass is 10.2. The summed E-state index contributed by atoms with van der Waals surface area (Å²) < 4.78 is 5.24. The molecule has 2 aromatic heterocycles. The number of nitrogens with zero attached hydrogens (tertiary/aromatic N) is 2. The van der Waals surface area contributed by atoms with Gasteiger partial charge in [0, 0.05) is 0 Å². The molecular weight excluding hydrogens is 380 g/mol. The number of esters is 1. The highest BCUT2D eigenvalue weighted by Crippen LogP contribution is 2.23. The number of aromatic nitrogens is 2. The van der Waals surface area contributed by atoms with Crippen LogP contribution < -0.4 is 11.1 Å². The van der Waals surface area contributed by atoms with Gasteiger partial charge in [-0.25, -0.2) is 14.8 Å². The van der Waals surface area contributed by atoms with Crippen LogP contribution in [-0.2, 0) is 9.53 Å². The van der Waals surface area contributed by atoms with Gasteiger partial charge in [-0.15, -0.1) is 11.3 Å². The Bertz CT molecular complexity index is 1090. The molecule has 9 heteroatoms. The number of thiophene rings is 1. The number of hydrogen-bond donors (Lipinski definition) is 2. The number of amides is 2. The van der Waals surface area contributed by atoms with Gasteiger partial charge in [-0.1, -0.05) is 0 Å². The maximum atomic E-state index is 12.4. The molecule has 0 aliphatic heterocycles. The van der Waals surface area contributed by atoms with Gasteiger partial charge in [0.25, 0.3) is 11.8 Å². The van der Waals surface area contributed by atoms with E-state index in [9.17, 15) is 14.4 Å². The quantitative estimate of drug-likeness (QED) is 0.637. The summed E-state index contributed by atoms with van der Waals surface area (Å²) in [6.45, 7) is 5.14. The van der Waals surface area contributed by atoms with Crippen LogP contribution in [0.5, 0.6) is 0 Å². The van der Waals surface area contributed by atoms with Crippen molar-refractivity contribution in [2.45, 2.75) is 26.9 Å². The summed E-state index contributed by atoms with van der Waals surface area (Å²) in [7, 11) is 0. The van der Waals surface area contributed by atoms with Crippen molar-refractivity contribution in [1.29, 1.82) is 0 Å². The number of rotatable bonds is 5. The molecule has 8 nitrogen and oxygen atoms in total. The third-order valence-corrected chi connectivity index (χ3v) is 4.96. The van der Waals surface area contributed by atoms with Crippen molar-refractivity contribution in [1.82, 2.24) is 9.97 Å². The van der Waals surface area contributed by atoms with Crippen LogP contribution in [0.3, 0.4) is 0 Å². The minimum atomic E-state index is -1.07. The van der Waals surface area contributed by atoms with Crippen LogP contribution >= 0.6 is 11.3 Å². The normalized spacial score (nSPS) is 11.8. The molecule has 0 aliphatic carbocycles. The van der Waals surface area contributed by atoms with E-state index < -0.39 is 23.9 Å². The second-order valence-corrected chi connectivity index (χ2v) is 7.08. The molecule has 3 N–H and O–H groups in total. The molecule has 1 atom stereocenters. The van der Waals surface area contributed by atoms with E-state index in [4.69, 9.17) is 10.5 Å². The zero-order valence-corrected chi connectivity index (χ0v) is 16.3. The first-order chi connectivity index (χ1) is 13.3. The average molecular weight is 398 g/mol. The van der Waals surface area contributed by atoms with Crippen molar-refractivity contribution in [3.63, 3.8) is 0 Å². The Balaban J connectivity index is 1.72. The molecule has 0 saturated heterocycles. The number of nitrogens with two attached hydrogens (primary N) is 1. The fourth-order valence-electron chi connectivity index (χ4n) is 2.45. The van der Waals surface area contributed by atoms with E-state index in [1.807, 2.05) is 13.8 Å². The standard InChI is InChI=1S/C19H18N4O4S/c1-9-10(2)22-15-8-12(4-5-14(15)21-9)19(26)27-11(3)17(25)23-18-13(16(20)24)6-7-28-18/h4-8,11H,1-3H3,(H2,20,24)(H,23,25)/t11-/m0/s1. The molecule has 2 amide bonds. The Morgan fingerprint density at radius 3 is 2.46 bits per heavy atom. The van der Waals surface area contributed by atoms with Gasteiger partial charge in [-0.05, 0) is 50.4 Å². The number of aryl methyl sites for hydroxylation is 2. The van der Waals surface area contributed by atoms with E-state index in [2.05, 4.69) is 15.3 Å². The van der Waals surface area contributed by atoms with Crippen LogP contribution in [0, 0.1) is 13.8 Å². The first-order valence-electron chi connectivity index (χ1n) is 8.40. The third kappa shape index (κ3) is 3.99. The molecule has 144 valence electrons. The van der Waals surface area contributed by atoms with Crippen molar-refractivity contribution in [2.24, 2.45) is 5.73 Å². The van der Waals surface area contributed by atoms with Gasteiger partial charge in [-0.3, -0.25) is 9.59 Å². The fourth-order valence-corrected chi connectivity index (χ4v) is 3.25. The van der Waals surface area contributed by atoms with Crippen LogP contribution in [0.25, 0.3) is 11.0 Å². The number of benzene rings is 1. The minimum absolute atomic E-state index is 0.204. The molecule has 28 heavy (non-hydrogen) atoms. The van der Waals surface area contributed by atoms with Crippen molar-refractivity contribution in [3.8, 4) is 0 Å². The summed E-state index contributed by atoms with van der Waals surface area (Å²) in [6.07, 6.45) is -1.07. The summed E-state index contributed by atoms with van der Waals surface area (Å²) in [5.41, 5.74) is 8.54. The second kappa shape index (κ2) is 7.73. The molecular formula is C19H18N4O4S. The predicted molar refractivity (Wildman–Crippen MR) is 105 cm³/mol. The van der Waals surface area contributed by atoms with Gasteiger partial charge in [0.15, 0.2) is 6.10 Å². The highest BCUT2D eigenvalue weighted by molar-refractivity contribution is 7.14. The Hall–Kier alpha value is -3.33. The lowest BCUT2D eigenvalue weighted by Gasteiger charge is -2.13.